The van der Waals surface area contributed by atoms with Gasteiger partial charge in [0, 0.05) is 0 Å². The molecule has 21 heavy (non-hydrogen) atoms. The van der Waals surface area contributed by atoms with Crippen molar-refractivity contribution in [1.29, 1.82) is 0 Å². The SMILES string of the molecule is OCc1ccc(-c2ccccc2)c(Cc2ccccc2)c1. The van der Waals surface area contributed by atoms with Crippen molar-refractivity contribution in [2.45, 2.75) is 13.0 Å². The average Bonchev–Trinajstić information content (AvgIpc) is 2.56. The molecule has 1 heteroatoms. The summed E-state index contributed by atoms with van der Waals surface area (Å²) in [4.78, 5) is 0. The summed E-state index contributed by atoms with van der Waals surface area (Å²) < 4.78 is 0. The first-order chi connectivity index (χ1) is 10.4. The zero-order chi connectivity index (χ0) is 14.5. The Morgan fingerprint density at radius 2 is 1.33 bits per heavy atom. The number of rotatable bonds is 4. The van der Waals surface area contributed by atoms with Gasteiger partial charge in [-0.25, -0.2) is 0 Å². The third-order valence-corrected chi connectivity index (χ3v) is 3.67. The molecule has 0 unspecified atom stereocenters. The Labute approximate surface area is 125 Å². The molecule has 1 N–H and O–H groups in total. The number of aliphatic hydroxyl groups excluding tert-OH is 1. The molecular weight excluding hydrogens is 256 g/mol. The van der Waals surface area contributed by atoms with Crippen LogP contribution < -0.4 is 0 Å². The van der Waals surface area contributed by atoms with Crippen LogP contribution in [0.3, 0.4) is 0 Å². The number of hydrogen-bond donors (Lipinski definition) is 1. The van der Waals surface area contributed by atoms with Crippen molar-refractivity contribution < 1.29 is 5.11 Å². The maximum atomic E-state index is 9.39. The zero-order valence-electron chi connectivity index (χ0n) is 11.9. The zero-order valence-corrected chi connectivity index (χ0v) is 11.9. The van der Waals surface area contributed by atoms with Crippen molar-refractivity contribution in [2.24, 2.45) is 0 Å². The summed E-state index contributed by atoms with van der Waals surface area (Å²) in [6.45, 7) is 0.0802. The van der Waals surface area contributed by atoms with E-state index in [1.54, 1.807) is 0 Å². The maximum absolute atomic E-state index is 9.39. The van der Waals surface area contributed by atoms with E-state index in [9.17, 15) is 5.11 Å². The minimum Gasteiger partial charge on any atom is -0.392 e. The lowest BCUT2D eigenvalue weighted by atomic mass is 9.93. The molecule has 0 atom stereocenters. The first kappa shape index (κ1) is 13.6. The quantitative estimate of drug-likeness (QED) is 0.746. The molecule has 0 saturated carbocycles. The number of aliphatic hydroxyl groups is 1. The third-order valence-electron chi connectivity index (χ3n) is 3.67. The lowest BCUT2D eigenvalue weighted by Gasteiger charge is -2.12. The second-order valence-electron chi connectivity index (χ2n) is 5.18. The van der Waals surface area contributed by atoms with Gasteiger partial charge in [0.05, 0.1) is 6.61 Å². The van der Waals surface area contributed by atoms with Gasteiger partial charge in [-0.2, -0.15) is 0 Å². The number of benzene rings is 3. The highest BCUT2D eigenvalue weighted by Crippen LogP contribution is 2.26. The van der Waals surface area contributed by atoms with Crippen LogP contribution in [0.5, 0.6) is 0 Å². The van der Waals surface area contributed by atoms with Crippen LogP contribution in [0, 0.1) is 0 Å². The molecule has 0 aliphatic heterocycles. The Morgan fingerprint density at radius 3 is 2.00 bits per heavy atom. The van der Waals surface area contributed by atoms with Crippen LogP contribution in [-0.2, 0) is 13.0 Å². The van der Waals surface area contributed by atoms with Crippen LogP contribution in [0.25, 0.3) is 11.1 Å². The lowest BCUT2D eigenvalue weighted by molar-refractivity contribution is 0.282. The minimum atomic E-state index is 0.0802. The van der Waals surface area contributed by atoms with Gasteiger partial charge < -0.3 is 5.11 Å². The summed E-state index contributed by atoms with van der Waals surface area (Å²) in [6.07, 6.45) is 0.874. The van der Waals surface area contributed by atoms with Crippen molar-refractivity contribution in [3.63, 3.8) is 0 Å². The van der Waals surface area contributed by atoms with E-state index in [0.717, 1.165) is 12.0 Å². The topological polar surface area (TPSA) is 20.2 Å². The second kappa shape index (κ2) is 6.38. The Morgan fingerprint density at radius 1 is 0.667 bits per heavy atom. The van der Waals surface area contributed by atoms with E-state index < -0.39 is 0 Å². The van der Waals surface area contributed by atoms with E-state index in [2.05, 4.69) is 60.7 Å². The van der Waals surface area contributed by atoms with Crippen molar-refractivity contribution in [3.8, 4) is 11.1 Å². The molecule has 0 aliphatic rings. The molecule has 0 radical (unpaired) electrons. The van der Waals surface area contributed by atoms with Crippen LogP contribution >= 0.6 is 0 Å². The fourth-order valence-electron chi connectivity index (χ4n) is 2.61. The van der Waals surface area contributed by atoms with Gasteiger partial charge in [0.1, 0.15) is 0 Å². The predicted octanol–water partition coefficient (Wildman–Crippen LogP) is 4.44. The first-order valence-corrected chi connectivity index (χ1v) is 7.19. The summed E-state index contributed by atoms with van der Waals surface area (Å²) >= 11 is 0. The minimum absolute atomic E-state index is 0.0802. The highest BCUT2D eigenvalue weighted by Gasteiger charge is 2.07. The van der Waals surface area contributed by atoms with Crippen molar-refractivity contribution >= 4 is 0 Å². The summed E-state index contributed by atoms with van der Waals surface area (Å²) in [5.74, 6) is 0. The molecule has 0 spiro atoms. The fourth-order valence-corrected chi connectivity index (χ4v) is 2.61. The molecule has 0 fully saturated rings. The van der Waals surface area contributed by atoms with Crippen LogP contribution in [0.4, 0.5) is 0 Å². The van der Waals surface area contributed by atoms with E-state index in [-0.39, 0.29) is 6.61 Å². The van der Waals surface area contributed by atoms with Gasteiger partial charge in [0.15, 0.2) is 0 Å². The van der Waals surface area contributed by atoms with Crippen molar-refractivity contribution in [1.82, 2.24) is 0 Å². The van der Waals surface area contributed by atoms with E-state index in [1.165, 1.54) is 22.3 Å². The molecular formula is C20H18O. The van der Waals surface area contributed by atoms with Crippen LogP contribution in [-0.4, -0.2) is 5.11 Å². The van der Waals surface area contributed by atoms with E-state index in [0.29, 0.717) is 0 Å². The smallest absolute Gasteiger partial charge is 0.0681 e. The first-order valence-electron chi connectivity index (χ1n) is 7.19. The van der Waals surface area contributed by atoms with Crippen LogP contribution in [0.15, 0.2) is 78.9 Å². The molecule has 0 aliphatic carbocycles. The van der Waals surface area contributed by atoms with Gasteiger partial charge in [-0.3, -0.25) is 0 Å². The van der Waals surface area contributed by atoms with E-state index in [4.69, 9.17) is 0 Å². The van der Waals surface area contributed by atoms with Gasteiger partial charge in [0.25, 0.3) is 0 Å². The molecule has 3 aromatic carbocycles. The summed E-state index contributed by atoms with van der Waals surface area (Å²) in [5, 5.41) is 9.39. The van der Waals surface area contributed by atoms with Gasteiger partial charge in [-0.15, -0.1) is 0 Å². The van der Waals surface area contributed by atoms with Gasteiger partial charge in [0.2, 0.25) is 0 Å². The molecule has 3 rings (SSSR count). The van der Waals surface area contributed by atoms with E-state index >= 15 is 0 Å². The Bertz CT molecular complexity index is 702. The predicted molar refractivity (Wildman–Crippen MR) is 87.0 cm³/mol. The molecule has 0 aromatic heterocycles. The highest BCUT2D eigenvalue weighted by atomic mass is 16.3. The molecule has 1 nitrogen and oxygen atoms in total. The lowest BCUT2D eigenvalue weighted by Crippen LogP contribution is -1.95. The number of hydrogen-bond acceptors (Lipinski definition) is 1. The van der Waals surface area contributed by atoms with Crippen molar-refractivity contribution in [2.75, 3.05) is 0 Å². The summed E-state index contributed by atoms with van der Waals surface area (Å²) in [5.41, 5.74) is 5.94. The molecule has 0 heterocycles. The van der Waals surface area contributed by atoms with Gasteiger partial charge in [-0.05, 0) is 34.2 Å². The molecule has 3 aromatic rings. The average molecular weight is 274 g/mol. The van der Waals surface area contributed by atoms with Crippen LogP contribution in [0.1, 0.15) is 16.7 Å². The highest BCUT2D eigenvalue weighted by molar-refractivity contribution is 5.68. The molecule has 0 amide bonds. The van der Waals surface area contributed by atoms with Gasteiger partial charge >= 0.3 is 0 Å². The third kappa shape index (κ3) is 3.21. The standard InChI is InChI=1S/C20H18O/c21-15-17-11-12-20(18-9-5-2-6-10-18)19(14-17)13-16-7-3-1-4-8-16/h1-12,14,21H,13,15H2. The molecule has 0 saturated heterocycles. The molecule has 104 valence electrons. The molecule has 0 bridgehead atoms. The summed E-state index contributed by atoms with van der Waals surface area (Å²) in [7, 11) is 0. The normalized spacial score (nSPS) is 10.5. The maximum Gasteiger partial charge on any atom is 0.0681 e. The van der Waals surface area contributed by atoms with E-state index in [1.807, 2.05) is 18.2 Å². The largest absolute Gasteiger partial charge is 0.392 e. The van der Waals surface area contributed by atoms with Crippen molar-refractivity contribution in [3.05, 3.63) is 95.6 Å². The Balaban J connectivity index is 2.04. The second-order valence-corrected chi connectivity index (χ2v) is 5.18. The Hall–Kier alpha value is -2.38. The Kier molecular flexibility index (Phi) is 4.13. The monoisotopic (exact) mass is 274 g/mol. The van der Waals surface area contributed by atoms with Crippen LogP contribution in [0.2, 0.25) is 0 Å². The fraction of sp³-hybridized carbons (Fsp3) is 0.100. The summed E-state index contributed by atoms with van der Waals surface area (Å²) in [6, 6.07) is 27.1. The van der Waals surface area contributed by atoms with Gasteiger partial charge in [-0.1, -0.05) is 78.9 Å².